The molecule has 1 heterocycles. The molecule has 1 amide bonds. The first-order valence-corrected chi connectivity index (χ1v) is 6.57. The van der Waals surface area contributed by atoms with Crippen molar-refractivity contribution < 1.29 is 9.53 Å². The van der Waals surface area contributed by atoms with E-state index in [4.69, 9.17) is 16.2 Å². The van der Waals surface area contributed by atoms with Crippen LogP contribution in [-0.4, -0.2) is 30.1 Å². The third kappa shape index (κ3) is 3.82. The summed E-state index contributed by atoms with van der Waals surface area (Å²) in [6.45, 7) is 1.18. The second-order valence-electron chi connectivity index (χ2n) is 4.73. The van der Waals surface area contributed by atoms with Crippen LogP contribution in [0.3, 0.4) is 0 Å². The normalized spacial score (nSPS) is 15.6. The number of rotatable bonds is 6. The zero-order valence-electron chi connectivity index (χ0n) is 10.9. The van der Waals surface area contributed by atoms with Crippen molar-refractivity contribution in [3.8, 4) is 0 Å². The first-order valence-electron chi connectivity index (χ1n) is 6.57. The SMILES string of the molecule is NC(=O)c1cc(N)cnc1NCCOC1CCCC1. The zero-order chi connectivity index (χ0) is 13.7. The molecule has 0 aliphatic heterocycles. The molecule has 1 aliphatic carbocycles. The summed E-state index contributed by atoms with van der Waals surface area (Å²) in [7, 11) is 0. The Kier molecular flexibility index (Phi) is 4.57. The molecule has 0 atom stereocenters. The Morgan fingerprint density at radius 1 is 1.47 bits per heavy atom. The lowest BCUT2D eigenvalue weighted by atomic mass is 10.2. The van der Waals surface area contributed by atoms with Crippen LogP contribution in [0.15, 0.2) is 12.3 Å². The molecular formula is C13H20N4O2. The van der Waals surface area contributed by atoms with Gasteiger partial charge in [0.15, 0.2) is 0 Å². The lowest BCUT2D eigenvalue weighted by molar-refractivity contribution is 0.0658. The summed E-state index contributed by atoms with van der Waals surface area (Å²) in [5, 5.41) is 3.05. The van der Waals surface area contributed by atoms with E-state index in [-0.39, 0.29) is 0 Å². The number of carbonyl (C=O) groups excluding carboxylic acids is 1. The number of primary amides is 1. The van der Waals surface area contributed by atoms with Crippen LogP contribution in [0.4, 0.5) is 11.5 Å². The van der Waals surface area contributed by atoms with Gasteiger partial charge in [0.1, 0.15) is 5.82 Å². The molecule has 0 radical (unpaired) electrons. The van der Waals surface area contributed by atoms with Gasteiger partial charge in [-0.05, 0) is 18.9 Å². The quantitative estimate of drug-likeness (QED) is 0.668. The summed E-state index contributed by atoms with van der Waals surface area (Å²) < 4.78 is 5.72. The number of ether oxygens (including phenoxy) is 1. The van der Waals surface area contributed by atoms with E-state index in [1.807, 2.05) is 0 Å². The minimum Gasteiger partial charge on any atom is -0.397 e. The summed E-state index contributed by atoms with van der Waals surface area (Å²) in [4.78, 5) is 15.3. The number of hydrogen-bond acceptors (Lipinski definition) is 5. The van der Waals surface area contributed by atoms with Crippen LogP contribution < -0.4 is 16.8 Å². The summed E-state index contributed by atoms with van der Waals surface area (Å²) >= 11 is 0. The second kappa shape index (κ2) is 6.38. The van der Waals surface area contributed by atoms with Crippen molar-refractivity contribution in [3.63, 3.8) is 0 Å². The predicted molar refractivity (Wildman–Crippen MR) is 73.9 cm³/mol. The van der Waals surface area contributed by atoms with Gasteiger partial charge in [-0.25, -0.2) is 4.98 Å². The maximum atomic E-state index is 11.3. The fourth-order valence-corrected chi connectivity index (χ4v) is 2.26. The van der Waals surface area contributed by atoms with Gasteiger partial charge in [0.05, 0.1) is 30.2 Å². The van der Waals surface area contributed by atoms with Crippen LogP contribution in [-0.2, 0) is 4.74 Å². The third-order valence-electron chi connectivity index (χ3n) is 3.22. The maximum Gasteiger partial charge on any atom is 0.252 e. The van der Waals surface area contributed by atoms with Gasteiger partial charge in [0.25, 0.3) is 5.91 Å². The highest BCUT2D eigenvalue weighted by atomic mass is 16.5. The Morgan fingerprint density at radius 3 is 2.89 bits per heavy atom. The molecule has 104 valence electrons. The van der Waals surface area contributed by atoms with E-state index in [1.165, 1.54) is 25.1 Å². The van der Waals surface area contributed by atoms with Crippen molar-refractivity contribution in [1.29, 1.82) is 0 Å². The van der Waals surface area contributed by atoms with Crippen LogP contribution in [0.25, 0.3) is 0 Å². The van der Waals surface area contributed by atoms with Crippen LogP contribution >= 0.6 is 0 Å². The van der Waals surface area contributed by atoms with Gasteiger partial charge in [0, 0.05) is 6.54 Å². The lowest BCUT2D eigenvalue weighted by Crippen LogP contribution is -2.19. The summed E-state index contributed by atoms with van der Waals surface area (Å²) in [6.07, 6.45) is 6.68. The number of anilines is 2. The number of aromatic nitrogens is 1. The van der Waals surface area contributed by atoms with Crippen molar-refractivity contribution in [2.45, 2.75) is 31.8 Å². The molecule has 1 saturated carbocycles. The number of nitrogens with two attached hydrogens (primary N) is 2. The highest BCUT2D eigenvalue weighted by Gasteiger charge is 2.15. The van der Waals surface area contributed by atoms with Gasteiger partial charge >= 0.3 is 0 Å². The number of carbonyl (C=O) groups is 1. The molecule has 1 aromatic heterocycles. The highest BCUT2D eigenvalue weighted by Crippen LogP contribution is 2.20. The Balaban J connectivity index is 1.83. The Morgan fingerprint density at radius 2 is 2.21 bits per heavy atom. The summed E-state index contributed by atoms with van der Waals surface area (Å²) in [5.74, 6) is -0.0873. The van der Waals surface area contributed by atoms with Gasteiger partial charge in [-0.3, -0.25) is 4.79 Å². The predicted octanol–water partition coefficient (Wildman–Crippen LogP) is 1.13. The number of amides is 1. The molecule has 6 heteroatoms. The van der Waals surface area contributed by atoms with Crippen molar-refractivity contribution in [3.05, 3.63) is 17.8 Å². The van der Waals surface area contributed by atoms with Gasteiger partial charge in [-0.15, -0.1) is 0 Å². The molecule has 2 rings (SSSR count). The Hall–Kier alpha value is -1.82. The number of nitrogen functional groups attached to an aromatic ring is 1. The van der Waals surface area contributed by atoms with E-state index >= 15 is 0 Å². The van der Waals surface area contributed by atoms with Crippen LogP contribution in [0.2, 0.25) is 0 Å². The molecule has 0 spiro atoms. The molecule has 0 unspecified atom stereocenters. The van der Waals surface area contributed by atoms with Crippen LogP contribution in [0, 0.1) is 0 Å². The minimum atomic E-state index is -0.543. The first-order chi connectivity index (χ1) is 9.16. The van der Waals surface area contributed by atoms with E-state index in [0.717, 1.165) is 12.8 Å². The number of pyridine rings is 1. The summed E-state index contributed by atoms with van der Waals surface area (Å²) in [6, 6.07) is 1.52. The third-order valence-corrected chi connectivity index (χ3v) is 3.22. The minimum absolute atomic E-state index is 0.306. The van der Waals surface area contributed by atoms with E-state index in [2.05, 4.69) is 10.3 Å². The van der Waals surface area contributed by atoms with Crippen LogP contribution in [0.1, 0.15) is 36.0 Å². The van der Waals surface area contributed by atoms with E-state index in [9.17, 15) is 4.79 Å². The molecule has 0 bridgehead atoms. The van der Waals surface area contributed by atoms with Crippen LogP contribution in [0.5, 0.6) is 0 Å². The van der Waals surface area contributed by atoms with Gasteiger partial charge < -0.3 is 21.5 Å². The average Bonchev–Trinajstić information content (AvgIpc) is 2.89. The molecular weight excluding hydrogens is 244 g/mol. The number of hydrogen-bond donors (Lipinski definition) is 3. The van der Waals surface area contributed by atoms with Crippen molar-refractivity contribution in [2.75, 3.05) is 24.2 Å². The zero-order valence-corrected chi connectivity index (χ0v) is 10.9. The smallest absolute Gasteiger partial charge is 0.252 e. The van der Waals surface area contributed by atoms with Crippen molar-refractivity contribution in [1.82, 2.24) is 4.98 Å². The molecule has 1 aliphatic rings. The highest BCUT2D eigenvalue weighted by molar-refractivity contribution is 5.98. The molecule has 19 heavy (non-hydrogen) atoms. The Bertz CT molecular complexity index is 444. The maximum absolute atomic E-state index is 11.3. The van der Waals surface area contributed by atoms with Gasteiger partial charge in [-0.1, -0.05) is 12.8 Å². The first kappa shape index (κ1) is 13.6. The monoisotopic (exact) mass is 264 g/mol. The van der Waals surface area contributed by atoms with Crippen molar-refractivity contribution in [2.24, 2.45) is 5.73 Å². The van der Waals surface area contributed by atoms with Gasteiger partial charge in [-0.2, -0.15) is 0 Å². The molecule has 0 saturated heterocycles. The van der Waals surface area contributed by atoms with E-state index < -0.39 is 5.91 Å². The average molecular weight is 264 g/mol. The lowest BCUT2D eigenvalue weighted by Gasteiger charge is -2.13. The largest absolute Gasteiger partial charge is 0.397 e. The summed E-state index contributed by atoms with van der Waals surface area (Å²) in [5.41, 5.74) is 11.6. The fraction of sp³-hybridized carbons (Fsp3) is 0.538. The number of nitrogens with zero attached hydrogens (tertiary/aromatic N) is 1. The molecule has 0 aromatic carbocycles. The fourth-order valence-electron chi connectivity index (χ4n) is 2.26. The molecule has 1 fully saturated rings. The Labute approximate surface area is 112 Å². The molecule has 1 aromatic rings. The molecule has 5 N–H and O–H groups in total. The van der Waals surface area contributed by atoms with E-state index in [1.54, 1.807) is 0 Å². The second-order valence-corrected chi connectivity index (χ2v) is 4.73. The van der Waals surface area contributed by atoms with E-state index in [0.29, 0.717) is 36.3 Å². The molecule has 6 nitrogen and oxygen atoms in total. The number of nitrogens with one attached hydrogen (secondary N) is 1. The topological polar surface area (TPSA) is 103 Å². The van der Waals surface area contributed by atoms with Crippen molar-refractivity contribution >= 4 is 17.4 Å². The van der Waals surface area contributed by atoms with Gasteiger partial charge in [0.2, 0.25) is 0 Å². The standard InChI is InChI=1S/C13H20N4O2/c14-9-7-11(12(15)18)13(17-8-9)16-5-6-19-10-3-1-2-4-10/h7-8,10H,1-6,14H2,(H2,15,18)(H,16,17).